The van der Waals surface area contributed by atoms with Crippen LogP contribution in [0.1, 0.15) is 11.4 Å². The molecule has 0 aliphatic heterocycles. The average Bonchev–Trinajstić information content (AvgIpc) is 2.38. The maximum Gasteiger partial charge on any atom is 0.223 e. The number of hydrogen-bond donors (Lipinski definition) is 2. The molecule has 19 heavy (non-hydrogen) atoms. The van der Waals surface area contributed by atoms with Crippen LogP contribution in [0.4, 0.5) is 17.6 Å². The van der Waals surface area contributed by atoms with Crippen molar-refractivity contribution in [1.82, 2.24) is 15.0 Å². The summed E-state index contributed by atoms with van der Waals surface area (Å²) < 4.78 is 0. The van der Waals surface area contributed by atoms with E-state index in [1.165, 1.54) is 0 Å². The van der Waals surface area contributed by atoms with Crippen LogP contribution < -0.4 is 16.0 Å². The van der Waals surface area contributed by atoms with Gasteiger partial charge in [-0.2, -0.15) is 9.97 Å². The number of aryl methyl sites for hydroxylation is 1. The van der Waals surface area contributed by atoms with Gasteiger partial charge in [-0.3, -0.25) is 4.98 Å². The third kappa shape index (κ3) is 3.31. The number of rotatable bonds is 4. The summed E-state index contributed by atoms with van der Waals surface area (Å²) >= 11 is 0. The standard InChI is InChI=1S/C13H18N6/c1-9-5-4-6-10(16-9)8-19(3)12-7-11(15-2)17-13(14)18-12/h4-7H,8H2,1-3H3,(H3,14,15,17,18). The maximum absolute atomic E-state index is 5.69. The molecule has 0 saturated carbocycles. The Kier molecular flexibility index (Phi) is 3.79. The molecule has 2 rings (SSSR count). The van der Waals surface area contributed by atoms with Crippen LogP contribution in [0.5, 0.6) is 0 Å². The molecule has 0 radical (unpaired) electrons. The lowest BCUT2D eigenvalue weighted by atomic mass is 10.3. The summed E-state index contributed by atoms with van der Waals surface area (Å²) in [4.78, 5) is 14.8. The van der Waals surface area contributed by atoms with E-state index in [1.807, 2.05) is 43.1 Å². The Bertz CT molecular complexity index is 569. The molecule has 0 unspecified atom stereocenters. The second kappa shape index (κ2) is 5.51. The number of anilines is 3. The van der Waals surface area contributed by atoms with Gasteiger partial charge in [0.2, 0.25) is 5.95 Å². The van der Waals surface area contributed by atoms with Crippen molar-refractivity contribution in [2.24, 2.45) is 0 Å². The molecule has 0 spiro atoms. The van der Waals surface area contributed by atoms with Crippen LogP contribution in [0.15, 0.2) is 24.3 Å². The summed E-state index contributed by atoms with van der Waals surface area (Å²) in [6.45, 7) is 2.65. The first-order valence-corrected chi connectivity index (χ1v) is 6.04. The van der Waals surface area contributed by atoms with Crippen molar-refractivity contribution in [3.8, 4) is 0 Å². The first-order chi connectivity index (χ1) is 9.08. The Hall–Kier alpha value is -2.37. The Balaban J connectivity index is 2.20. The molecule has 0 atom stereocenters. The second-order valence-electron chi connectivity index (χ2n) is 4.35. The van der Waals surface area contributed by atoms with E-state index in [-0.39, 0.29) is 5.95 Å². The monoisotopic (exact) mass is 258 g/mol. The van der Waals surface area contributed by atoms with Crippen LogP contribution in [0.2, 0.25) is 0 Å². The Labute approximate surface area is 112 Å². The molecule has 0 aromatic carbocycles. The van der Waals surface area contributed by atoms with Gasteiger partial charge in [0.1, 0.15) is 11.6 Å². The molecule has 0 aliphatic rings. The lowest BCUT2D eigenvalue weighted by Gasteiger charge is -2.18. The highest BCUT2D eigenvalue weighted by molar-refractivity contribution is 5.52. The Morgan fingerprint density at radius 1 is 1.26 bits per heavy atom. The molecule has 2 heterocycles. The summed E-state index contributed by atoms with van der Waals surface area (Å²) in [5.41, 5.74) is 7.68. The van der Waals surface area contributed by atoms with E-state index < -0.39 is 0 Å². The zero-order valence-corrected chi connectivity index (χ0v) is 11.4. The largest absolute Gasteiger partial charge is 0.373 e. The minimum atomic E-state index is 0.255. The molecule has 0 amide bonds. The van der Waals surface area contributed by atoms with Crippen LogP contribution >= 0.6 is 0 Å². The second-order valence-corrected chi connectivity index (χ2v) is 4.35. The van der Waals surface area contributed by atoms with Crippen LogP contribution in [0, 0.1) is 6.92 Å². The number of nitrogens with one attached hydrogen (secondary N) is 1. The summed E-state index contributed by atoms with van der Waals surface area (Å²) in [7, 11) is 3.75. The van der Waals surface area contributed by atoms with Gasteiger partial charge in [-0.15, -0.1) is 0 Å². The van der Waals surface area contributed by atoms with Crippen molar-refractivity contribution in [3.63, 3.8) is 0 Å². The average molecular weight is 258 g/mol. The highest BCUT2D eigenvalue weighted by Crippen LogP contribution is 2.17. The SMILES string of the molecule is CNc1cc(N(C)Cc2cccc(C)n2)nc(N)n1. The van der Waals surface area contributed by atoms with E-state index in [0.717, 1.165) is 17.2 Å². The van der Waals surface area contributed by atoms with Crippen molar-refractivity contribution in [2.45, 2.75) is 13.5 Å². The number of nitrogen functional groups attached to an aromatic ring is 1. The van der Waals surface area contributed by atoms with Crippen molar-refractivity contribution >= 4 is 17.6 Å². The van der Waals surface area contributed by atoms with E-state index in [1.54, 1.807) is 7.05 Å². The molecule has 100 valence electrons. The van der Waals surface area contributed by atoms with Crippen LogP contribution in [0.25, 0.3) is 0 Å². The third-order valence-electron chi connectivity index (χ3n) is 2.72. The number of nitrogens with zero attached hydrogens (tertiary/aromatic N) is 4. The summed E-state index contributed by atoms with van der Waals surface area (Å²) in [6.07, 6.45) is 0. The van der Waals surface area contributed by atoms with Crippen molar-refractivity contribution in [2.75, 3.05) is 30.0 Å². The van der Waals surface area contributed by atoms with Gasteiger partial charge in [0, 0.05) is 25.9 Å². The molecule has 6 nitrogen and oxygen atoms in total. The van der Waals surface area contributed by atoms with Gasteiger partial charge in [0.15, 0.2) is 0 Å². The topological polar surface area (TPSA) is 80.0 Å². The van der Waals surface area contributed by atoms with Crippen molar-refractivity contribution in [3.05, 3.63) is 35.7 Å². The zero-order valence-electron chi connectivity index (χ0n) is 11.4. The van der Waals surface area contributed by atoms with Crippen LogP contribution in [-0.4, -0.2) is 29.0 Å². The Morgan fingerprint density at radius 3 is 2.74 bits per heavy atom. The fourth-order valence-corrected chi connectivity index (χ4v) is 1.79. The lowest BCUT2D eigenvalue weighted by Crippen LogP contribution is -2.19. The van der Waals surface area contributed by atoms with Gasteiger partial charge in [0.05, 0.1) is 12.2 Å². The number of aromatic nitrogens is 3. The van der Waals surface area contributed by atoms with Crippen LogP contribution in [0.3, 0.4) is 0 Å². The number of hydrogen-bond acceptors (Lipinski definition) is 6. The van der Waals surface area contributed by atoms with Crippen LogP contribution in [-0.2, 0) is 6.54 Å². The molecule has 0 saturated heterocycles. The maximum atomic E-state index is 5.69. The third-order valence-corrected chi connectivity index (χ3v) is 2.72. The molecule has 6 heteroatoms. The van der Waals surface area contributed by atoms with Gasteiger partial charge in [-0.05, 0) is 19.1 Å². The molecule has 0 aliphatic carbocycles. The minimum absolute atomic E-state index is 0.255. The predicted molar refractivity (Wildman–Crippen MR) is 77.1 cm³/mol. The fourth-order valence-electron chi connectivity index (χ4n) is 1.79. The van der Waals surface area contributed by atoms with E-state index in [9.17, 15) is 0 Å². The molecular weight excluding hydrogens is 240 g/mol. The highest BCUT2D eigenvalue weighted by Gasteiger charge is 2.08. The zero-order chi connectivity index (χ0) is 13.8. The van der Waals surface area contributed by atoms with Crippen molar-refractivity contribution < 1.29 is 0 Å². The van der Waals surface area contributed by atoms with Gasteiger partial charge in [-0.1, -0.05) is 6.07 Å². The van der Waals surface area contributed by atoms with E-state index >= 15 is 0 Å². The number of pyridine rings is 1. The molecule has 2 aromatic heterocycles. The van der Waals surface area contributed by atoms with Crippen molar-refractivity contribution in [1.29, 1.82) is 0 Å². The molecule has 0 bridgehead atoms. The summed E-state index contributed by atoms with van der Waals surface area (Å²) in [6, 6.07) is 7.82. The molecular formula is C13H18N6. The smallest absolute Gasteiger partial charge is 0.223 e. The molecule has 0 fully saturated rings. The first-order valence-electron chi connectivity index (χ1n) is 6.04. The fraction of sp³-hybridized carbons (Fsp3) is 0.308. The van der Waals surface area contributed by atoms with Gasteiger partial charge in [0.25, 0.3) is 0 Å². The summed E-state index contributed by atoms with van der Waals surface area (Å²) in [5, 5.41) is 2.96. The van der Waals surface area contributed by atoms with Gasteiger partial charge < -0.3 is 16.0 Å². The first kappa shape index (κ1) is 13.1. The van der Waals surface area contributed by atoms with E-state index in [0.29, 0.717) is 12.4 Å². The number of nitrogens with two attached hydrogens (primary N) is 1. The van der Waals surface area contributed by atoms with E-state index in [2.05, 4.69) is 20.3 Å². The molecule has 3 N–H and O–H groups in total. The quantitative estimate of drug-likeness (QED) is 0.863. The normalized spacial score (nSPS) is 10.3. The van der Waals surface area contributed by atoms with Gasteiger partial charge >= 0.3 is 0 Å². The minimum Gasteiger partial charge on any atom is -0.373 e. The Morgan fingerprint density at radius 2 is 2.05 bits per heavy atom. The van der Waals surface area contributed by atoms with E-state index in [4.69, 9.17) is 5.73 Å². The lowest BCUT2D eigenvalue weighted by molar-refractivity contribution is 0.857. The molecule has 2 aromatic rings. The van der Waals surface area contributed by atoms with Gasteiger partial charge in [-0.25, -0.2) is 0 Å². The predicted octanol–water partition coefficient (Wildman–Crippen LogP) is 1.44. The highest BCUT2D eigenvalue weighted by atomic mass is 15.2. The summed E-state index contributed by atoms with van der Waals surface area (Å²) in [5.74, 6) is 1.72.